The fourth-order valence-corrected chi connectivity index (χ4v) is 4.21. The first-order chi connectivity index (χ1) is 9.87. The lowest BCUT2D eigenvalue weighted by Crippen LogP contribution is -2.25. The fraction of sp³-hybridized carbons (Fsp3) is 0.368. The average molecular weight is 263 g/mol. The van der Waals surface area contributed by atoms with Crippen molar-refractivity contribution in [2.24, 2.45) is 5.92 Å². The molecular weight excluding hydrogens is 242 g/mol. The normalized spacial score (nSPS) is 29.9. The molecule has 2 aromatic rings. The van der Waals surface area contributed by atoms with Gasteiger partial charge in [0.15, 0.2) is 0 Å². The van der Waals surface area contributed by atoms with E-state index in [0.717, 1.165) is 5.92 Å². The van der Waals surface area contributed by atoms with E-state index in [4.69, 9.17) is 0 Å². The standard InChI is InChI=1S/C19H21N/c1-2-15-13-18-19(20(18)14-15,16-9-5-3-6-10-16)17-11-7-4-8-12-17/h3-12,15,18H,2,13-14H2,1H3. The van der Waals surface area contributed by atoms with Gasteiger partial charge in [-0.1, -0.05) is 74.0 Å². The molecule has 0 saturated carbocycles. The van der Waals surface area contributed by atoms with Gasteiger partial charge in [-0.05, 0) is 23.5 Å². The Morgan fingerprint density at radius 1 is 0.950 bits per heavy atom. The Hall–Kier alpha value is -1.60. The summed E-state index contributed by atoms with van der Waals surface area (Å²) < 4.78 is 0. The van der Waals surface area contributed by atoms with Crippen molar-refractivity contribution in [1.29, 1.82) is 0 Å². The molecule has 2 aliphatic heterocycles. The molecule has 0 aliphatic carbocycles. The topological polar surface area (TPSA) is 3.01 Å². The summed E-state index contributed by atoms with van der Waals surface area (Å²) in [5.41, 5.74) is 3.09. The molecule has 2 aliphatic rings. The summed E-state index contributed by atoms with van der Waals surface area (Å²) in [6.07, 6.45) is 2.66. The van der Waals surface area contributed by atoms with E-state index in [1.807, 2.05) is 0 Å². The Morgan fingerprint density at radius 2 is 1.50 bits per heavy atom. The number of nitrogens with zero attached hydrogens (tertiary/aromatic N) is 1. The number of benzene rings is 2. The molecular formula is C19H21N. The molecule has 20 heavy (non-hydrogen) atoms. The van der Waals surface area contributed by atoms with Gasteiger partial charge in [-0.3, -0.25) is 4.90 Å². The average Bonchev–Trinajstić information content (AvgIpc) is 2.93. The van der Waals surface area contributed by atoms with Crippen LogP contribution in [0.5, 0.6) is 0 Å². The van der Waals surface area contributed by atoms with Crippen LogP contribution in [-0.2, 0) is 5.54 Å². The predicted octanol–water partition coefficient (Wildman–Crippen LogP) is 4.04. The summed E-state index contributed by atoms with van der Waals surface area (Å²) in [6.45, 7) is 3.58. The number of hydrogen-bond acceptors (Lipinski definition) is 1. The van der Waals surface area contributed by atoms with Crippen molar-refractivity contribution in [2.75, 3.05) is 6.54 Å². The molecule has 0 aromatic heterocycles. The Balaban J connectivity index is 1.78. The molecule has 3 atom stereocenters. The highest BCUT2D eigenvalue weighted by Gasteiger charge is 2.67. The molecule has 3 unspecified atom stereocenters. The van der Waals surface area contributed by atoms with E-state index in [1.165, 1.54) is 30.5 Å². The van der Waals surface area contributed by atoms with Gasteiger partial charge in [0, 0.05) is 12.6 Å². The summed E-state index contributed by atoms with van der Waals surface area (Å²) in [5.74, 6) is 0.889. The van der Waals surface area contributed by atoms with E-state index in [0.29, 0.717) is 6.04 Å². The second-order valence-electron chi connectivity index (χ2n) is 6.18. The maximum Gasteiger partial charge on any atom is 0.0877 e. The summed E-state index contributed by atoms with van der Waals surface area (Å²) in [6, 6.07) is 22.8. The van der Waals surface area contributed by atoms with Crippen molar-refractivity contribution < 1.29 is 0 Å². The molecule has 1 nitrogen and oxygen atoms in total. The van der Waals surface area contributed by atoms with Gasteiger partial charge in [-0.15, -0.1) is 0 Å². The summed E-state index contributed by atoms with van der Waals surface area (Å²) in [7, 11) is 0. The van der Waals surface area contributed by atoms with E-state index in [1.54, 1.807) is 0 Å². The minimum absolute atomic E-state index is 0.161. The maximum absolute atomic E-state index is 2.71. The van der Waals surface area contributed by atoms with Gasteiger partial charge in [0.25, 0.3) is 0 Å². The van der Waals surface area contributed by atoms with Crippen LogP contribution in [0.1, 0.15) is 30.9 Å². The van der Waals surface area contributed by atoms with Gasteiger partial charge in [0.1, 0.15) is 0 Å². The molecule has 0 N–H and O–H groups in total. The Labute approximate surface area is 121 Å². The van der Waals surface area contributed by atoms with Crippen LogP contribution in [0.3, 0.4) is 0 Å². The predicted molar refractivity (Wildman–Crippen MR) is 82.6 cm³/mol. The van der Waals surface area contributed by atoms with Gasteiger partial charge in [0.2, 0.25) is 0 Å². The van der Waals surface area contributed by atoms with Crippen LogP contribution in [-0.4, -0.2) is 17.5 Å². The molecule has 2 aromatic carbocycles. The SMILES string of the molecule is CCC1CC2N(C1)C2(c1ccccc1)c1ccccc1. The maximum atomic E-state index is 2.71. The van der Waals surface area contributed by atoms with Crippen LogP contribution in [0.15, 0.2) is 60.7 Å². The molecule has 2 saturated heterocycles. The highest BCUT2D eigenvalue weighted by molar-refractivity contribution is 5.49. The third-order valence-electron chi connectivity index (χ3n) is 5.26. The van der Waals surface area contributed by atoms with Crippen molar-refractivity contribution in [3.05, 3.63) is 71.8 Å². The van der Waals surface area contributed by atoms with Crippen LogP contribution in [0.2, 0.25) is 0 Å². The van der Waals surface area contributed by atoms with Crippen LogP contribution >= 0.6 is 0 Å². The van der Waals surface area contributed by atoms with E-state index in [9.17, 15) is 0 Å². The number of fused-ring (bicyclic) bond motifs is 1. The molecule has 0 radical (unpaired) electrons. The monoisotopic (exact) mass is 263 g/mol. The van der Waals surface area contributed by atoms with Crippen molar-refractivity contribution in [3.63, 3.8) is 0 Å². The van der Waals surface area contributed by atoms with Gasteiger partial charge < -0.3 is 0 Å². The van der Waals surface area contributed by atoms with Gasteiger partial charge in [0.05, 0.1) is 5.54 Å². The quantitative estimate of drug-likeness (QED) is 0.755. The van der Waals surface area contributed by atoms with Crippen molar-refractivity contribution in [2.45, 2.75) is 31.3 Å². The van der Waals surface area contributed by atoms with E-state index < -0.39 is 0 Å². The highest BCUT2D eigenvalue weighted by Crippen LogP contribution is 2.60. The smallest absolute Gasteiger partial charge is 0.0877 e. The second-order valence-corrected chi connectivity index (χ2v) is 6.18. The van der Waals surface area contributed by atoms with Gasteiger partial charge >= 0.3 is 0 Å². The van der Waals surface area contributed by atoms with E-state index >= 15 is 0 Å². The third kappa shape index (κ3) is 1.53. The summed E-state index contributed by atoms with van der Waals surface area (Å²) in [5, 5.41) is 0. The zero-order chi connectivity index (χ0) is 13.6. The van der Waals surface area contributed by atoms with Crippen molar-refractivity contribution >= 4 is 0 Å². The van der Waals surface area contributed by atoms with Crippen molar-refractivity contribution in [3.8, 4) is 0 Å². The lowest BCUT2D eigenvalue weighted by molar-refractivity contribution is 0.386. The van der Waals surface area contributed by atoms with Crippen LogP contribution in [0, 0.1) is 5.92 Å². The van der Waals surface area contributed by atoms with E-state index in [-0.39, 0.29) is 5.54 Å². The lowest BCUT2D eigenvalue weighted by Gasteiger charge is -2.24. The molecule has 1 heteroatoms. The fourth-order valence-electron chi connectivity index (χ4n) is 4.21. The van der Waals surface area contributed by atoms with Crippen LogP contribution < -0.4 is 0 Å². The molecule has 0 bridgehead atoms. The van der Waals surface area contributed by atoms with Gasteiger partial charge in [-0.2, -0.15) is 0 Å². The zero-order valence-electron chi connectivity index (χ0n) is 12.0. The molecule has 102 valence electrons. The van der Waals surface area contributed by atoms with Crippen LogP contribution in [0.4, 0.5) is 0 Å². The molecule has 2 heterocycles. The number of hydrogen-bond donors (Lipinski definition) is 0. The Bertz CT molecular complexity index is 536. The van der Waals surface area contributed by atoms with Gasteiger partial charge in [-0.25, -0.2) is 0 Å². The summed E-state index contributed by atoms with van der Waals surface area (Å²) >= 11 is 0. The highest BCUT2D eigenvalue weighted by atomic mass is 15.4. The second kappa shape index (κ2) is 4.46. The first-order valence-corrected chi connectivity index (χ1v) is 7.75. The largest absolute Gasteiger partial charge is 0.283 e. The minimum atomic E-state index is 0.161. The molecule has 0 amide bonds. The molecule has 2 fully saturated rings. The minimum Gasteiger partial charge on any atom is -0.283 e. The van der Waals surface area contributed by atoms with E-state index in [2.05, 4.69) is 72.5 Å². The lowest BCUT2D eigenvalue weighted by atomic mass is 9.83. The summed E-state index contributed by atoms with van der Waals surface area (Å²) in [4.78, 5) is 2.71. The number of rotatable bonds is 3. The molecule has 0 spiro atoms. The first kappa shape index (κ1) is 12.2. The van der Waals surface area contributed by atoms with Crippen LogP contribution in [0.25, 0.3) is 0 Å². The van der Waals surface area contributed by atoms with Crippen molar-refractivity contribution in [1.82, 2.24) is 4.90 Å². The number of piperidine rings is 1. The third-order valence-corrected chi connectivity index (χ3v) is 5.26. The Kier molecular flexibility index (Phi) is 2.71. The Morgan fingerprint density at radius 3 is 1.90 bits per heavy atom. The first-order valence-electron chi connectivity index (χ1n) is 7.75. The molecule has 4 rings (SSSR count). The zero-order valence-corrected chi connectivity index (χ0v) is 12.0.